The molecule has 0 aliphatic carbocycles. The van der Waals surface area contributed by atoms with E-state index in [0.29, 0.717) is 18.7 Å². The maximum Gasteiger partial charge on any atom is 0.240 e. The number of nitrogens with one attached hydrogen (secondary N) is 1. The molecule has 152 valence electrons. The minimum atomic E-state index is -3.59. The molecule has 0 aromatic heterocycles. The van der Waals surface area contributed by atoms with Crippen molar-refractivity contribution in [3.8, 4) is 5.75 Å². The number of piperidine rings is 1. The number of hydrogen-bond acceptors (Lipinski definition) is 4. The maximum absolute atomic E-state index is 12.8. The Morgan fingerprint density at radius 2 is 1.71 bits per heavy atom. The zero-order chi connectivity index (χ0) is 20.0. The molecule has 1 heterocycles. The quantitative estimate of drug-likeness (QED) is 0.731. The Morgan fingerprint density at radius 3 is 2.39 bits per heavy atom. The first-order valence-electron chi connectivity index (χ1n) is 9.99. The van der Waals surface area contributed by atoms with Crippen LogP contribution in [0.15, 0.2) is 47.4 Å². The normalized spacial score (nSPS) is 15.5. The predicted molar refractivity (Wildman–Crippen MR) is 112 cm³/mol. The van der Waals surface area contributed by atoms with Crippen molar-refractivity contribution in [2.45, 2.75) is 50.6 Å². The first-order chi connectivity index (χ1) is 13.5. The van der Waals surface area contributed by atoms with Crippen molar-refractivity contribution < 1.29 is 13.2 Å². The van der Waals surface area contributed by atoms with Gasteiger partial charge >= 0.3 is 0 Å². The molecule has 6 heteroatoms. The summed E-state index contributed by atoms with van der Waals surface area (Å²) in [6.45, 7) is 5.39. The Bertz CT molecular complexity index is 890. The van der Waals surface area contributed by atoms with Crippen molar-refractivity contribution >= 4 is 10.0 Å². The van der Waals surface area contributed by atoms with Crippen LogP contribution in [0.4, 0.5) is 0 Å². The van der Waals surface area contributed by atoms with Gasteiger partial charge in [0.05, 0.1) is 12.0 Å². The average molecular weight is 403 g/mol. The molecule has 5 nitrogen and oxygen atoms in total. The van der Waals surface area contributed by atoms with Crippen LogP contribution in [0, 0.1) is 0 Å². The van der Waals surface area contributed by atoms with Gasteiger partial charge in [0.1, 0.15) is 5.75 Å². The fraction of sp³-hybridized carbons (Fsp3) is 0.455. The summed E-state index contributed by atoms with van der Waals surface area (Å²) in [7, 11) is -1.99. The molecule has 0 spiro atoms. The first kappa shape index (κ1) is 20.8. The SMILES string of the molecule is CCc1cc(S(=O)(=O)NCc2ccccc2CN2CCCCC2)ccc1OC. The molecule has 0 unspecified atom stereocenters. The fourth-order valence-corrected chi connectivity index (χ4v) is 4.75. The Kier molecular flexibility index (Phi) is 7.10. The van der Waals surface area contributed by atoms with Gasteiger partial charge in [0.2, 0.25) is 10.0 Å². The lowest BCUT2D eigenvalue weighted by Gasteiger charge is -2.27. The maximum atomic E-state index is 12.8. The second-order valence-electron chi connectivity index (χ2n) is 7.26. The summed E-state index contributed by atoms with van der Waals surface area (Å²) in [6.07, 6.45) is 4.50. The van der Waals surface area contributed by atoms with Gasteiger partial charge in [-0.1, -0.05) is 37.6 Å². The van der Waals surface area contributed by atoms with Gasteiger partial charge in [0, 0.05) is 13.1 Å². The number of rotatable bonds is 8. The Labute approximate surface area is 168 Å². The molecule has 2 aromatic rings. The second-order valence-corrected chi connectivity index (χ2v) is 9.02. The lowest BCUT2D eigenvalue weighted by molar-refractivity contribution is 0.220. The summed E-state index contributed by atoms with van der Waals surface area (Å²) in [6, 6.07) is 13.1. The molecule has 1 aliphatic heterocycles. The van der Waals surface area contributed by atoms with E-state index in [1.807, 2.05) is 25.1 Å². The fourth-order valence-electron chi connectivity index (χ4n) is 3.70. The van der Waals surface area contributed by atoms with Gasteiger partial charge in [0.25, 0.3) is 0 Å². The number of aryl methyl sites for hydroxylation is 1. The number of sulfonamides is 1. The van der Waals surface area contributed by atoms with E-state index in [0.717, 1.165) is 30.8 Å². The molecule has 0 bridgehead atoms. The number of benzene rings is 2. The van der Waals surface area contributed by atoms with Crippen LogP contribution in [-0.4, -0.2) is 33.5 Å². The lowest BCUT2D eigenvalue weighted by Crippen LogP contribution is -2.30. The van der Waals surface area contributed by atoms with Crippen molar-refractivity contribution in [3.05, 3.63) is 59.2 Å². The number of hydrogen-bond donors (Lipinski definition) is 1. The van der Waals surface area contributed by atoms with Crippen LogP contribution in [0.5, 0.6) is 5.75 Å². The van der Waals surface area contributed by atoms with E-state index in [1.54, 1.807) is 25.3 Å². The highest BCUT2D eigenvalue weighted by molar-refractivity contribution is 7.89. The van der Waals surface area contributed by atoms with Gasteiger partial charge in [-0.2, -0.15) is 0 Å². The van der Waals surface area contributed by atoms with E-state index in [1.165, 1.54) is 24.8 Å². The minimum absolute atomic E-state index is 0.277. The molecular formula is C22H30N2O3S. The molecule has 28 heavy (non-hydrogen) atoms. The van der Waals surface area contributed by atoms with Crippen molar-refractivity contribution in [2.24, 2.45) is 0 Å². The van der Waals surface area contributed by atoms with Gasteiger partial charge in [-0.15, -0.1) is 0 Å². The summed E-state index contributed by atoms with van der Waals surface area (Å²) in [5.74, 6) is 0.716. The summed E-state index contributed by atoms with van der Waals surface area (Å²) in [5, 5.41) is 0. The van der Waals surface area contributed by atoms with E-state index < -0.39 is 10.0 Å². The molecule has 2 aromatic carbocycles. The minimum Gasteiger partial charge on any atom is -0.496 e. The number of likely N-dealkylation sites (tertiary alicyclic amines) is 1. The smallest absolute Gasteiger partial charge is 0.240 e. The van der Waals surface area contributed by atoms with E-state index in [4.69, 9.17) is 4.74 Å². The summed E-state index contributed by atoms with van der Waals surface area (Å²) in [4.78, 5) is 2.73. The predicted octanol–water partition coefficient (Wildman–Crippen LogP) is 3.72. The van der Waals surface area contributed by atoms with Crippen molar-refractivity contribution in [3.63, 3.8) is 0 Å². The third-order valence-electron chi connectivity index (χ3n) is 5.36. The van der Waals surface area contributed by atoms with Crippen molar-refractivity contribution in [2.75, 3.05) is 20.2 Å². The van der Waals surface area contributed by atoms with E-state index >= 15 is 0 Å². The third-order valence-corrected chi connectivity index (χ3v) is 6.76. The first-order valence-corrected chi connectivity index (χ1v) is 11.5. The number of nitrogens with zero attached hydrogens (tertiary/aromatic N) is 1. The van der Waals surface area contributed by atoms with Crippen molar-refractivity contribution in [1.82, 2.24) is 9.62 Å². The van der Waals surface area contributed by atoms with Crippen molar-refractivity contribution in [1.29, 1.82) is 0 Å². The standard InChI is InChI=1S/C22H30N2O3S/c1-3-18-15-21(11-12-22(18)27-2)28(25,26)23-16-19-9-5-6-10-20(19)17-24-13-7-4-8-14-24/h5-6,9-12,15,23H,3-4,7-8,13-14,16-17H2,1-2H3. The number of methoxy groups -OCH3 is 1. The molecule has 1 saturated heterocycles. The third kappa shape index (κ3) is 5.13. The molecule has 0 atom stereocenters. The summed E-state index contributed by atoms with van der Waals surface area (Å²) >= 11 is 0. The van der Waals surface area contributed by atoms with Gasteiger partial charge < -0.3 is 4.74 Å². The van der Waals surface area contributed by atoms with Crippen LogP contribution in [0.3, 0.4) is 0 Å². The second kappa shape index (κ2) is 9.54. The summed E-state index contributed by atoms with van der Waals surface area (Å²) in [5.41, 5.74) is 3.10. The molecule has 1 aliphatic rings. The van der Waals surface area contributed by atoms with Crippen LogP contribution >= 0.6 is 0 Å². The largest absolute Gasteiger partial charge is 0.496 e. The van der Waals surface area contributed by atoms with Crippen LogP contribution in [0.25, 0.3) is 0 Å². The monoisotopic (exact) mass is 402 g/mol. The van der Waals surface area contributed by atoms with Gasteiger partial charge in [-0.05, 0) is 67.2 Å². The Balaban J connectivity index is 1.72. The lowest BCUT2D eigenvalue weighted by atomic mass is 10.1. The van der Waals surface area contributed by atoms with Gasteiger partial charge in [-0.25, -0.2) is 13.1 Å². The van der Waals surface area contributed by atoms with Crippen LogP contribution in [0.1, 0.15) is 42.9 Å². The Hall–Kier alpha value is -1.89. The molecule has 1 N–H and O–H groups in total. The molecule has 0 radical (unpaired) electrons. The van der Waals surface area contributed by atoms with E-state index in [2.05, 4.69) is 15.7 Å². The molecule has 1 fully saturated rings. The van der Waals surface area contributed by atoms with Crippen LogP contribution < -0.4 is 9.46 Å². The highest BCUT2D eigenvalue weighted by atomic mass is 32.2. The molecular weight excluding hydrogens is 372 g/mol. The zero-order valence-corrected chi connectivity index (χ0v) is 17.6. The van der Waals surface area contributed by atoms with Gasteiger partial charge in [-0.3, -0.25) is 4.90 Å². The highest BCUT2D eigenvalue weighted by Gasteiger charge is 2.17. The number of ether oxygens (including phenoxy) is 1. The van der Waals surface area contributed by atoms with E-state index in [-0.39, 0.29) is 4.90 Å². The van der Waals surface area contributed by atoms with E-state index in [9.17, 15) is 8.42 Å². The zero-order valence-electron chi connectivity index (χ0n) is 16.8. The van der Waals surface area contributed by atoms with Gasteiger partial charge in [0.15, 0.2) is 0 Å². The highest BCUT2D eigenvalue weighted by Crippen LogP contribution is 2.23. The average Bonchev–Trinajstić information content (AvgIpc) is 2.73. The molecule has 0 amide bonds. The topological polar surface area (TPSA) is 58.6 Å². The molecule has 3 rings (SSSR count). The summed E-state index contributed by atoms with van der Waals surface area (Å²) < 4.78 is 33.7. The molecule has 0 saturated carbocycles. The van der Waals surface area contributed by atoms with Crippen LogP contribution in [-0.2, 0) is 29.5 Å². The van der Waals surface area contributed by atoms with Crippen LogP contribution in [0.2, 0.25) is 0 Å². The Morgan fingerprint density at radius 1 is 1.00 bits per heavy atom.